The second-order valence-electron chi connectivity index (χ2n) is 4.54. The van der Waals surface area contributed by atoms with Gasteiger partial charge in [0.15, 0.2) is 0 Å². The highest BCUT2D eigenvalue weighted by molar-refractivity contribution is 5.85. The Labute approximate surface area is 105 Å². The molecule has 1 aliphatic heterocycles. The lowest BCUT2D eigenvalue weighted by Crippen LogP contribution is -2.53. The van der Waals surface area contributed by atoms with Gasteiger partial charge in [-0.15, -0.1) is 12.4 Å². The van der Waals surface area contributed by atoms with Gasteiger partial charge in [-0.2, -0.15) is 0 Å². The summed E-state index contributed by atoms with van der Waals surface area (Å²) in [6.45, 7) is 7.66. The Bertz CT molecular complexity index is 217. The average Bonchev–Trinajstić information content (AvgIpc) is 2.27. The van der Waals surface area contributed by atoms with Gasteiger partial charge in [-0.25, -0.2) is 0 Å². The SMILES string of the molecule is CCC(C)C(N)C(=O)N1CCN(C)CC1.Cl. The van der Waals surface area contributed by atoms with E-state index in [1.807, 2.05) is 11.8 Å². The maximum atomic E-state index is 12.0. The molecule has 96 valence electrons. The van der Waals surface area contributed by atoms with Crippen molar-refractivity contribution in [2.75, 3.05) is 33.2 Å². The highest BCUT2D eigenvalue weighted by Gasteiger charge is 2.26. The molecule has 16 heavy (non-hydrogen) atoms. The fourth-order valence-corrected chi connectivity index (χ4v) is 1.73. The lowest BCUT2D eigenvalue weighted by Gasteiger charge is -2.34. The summed E-state index contributed by atoms with van der Waals surface area (Å²) in [5.41, 5.74) is 5.93. The first-order chi connectivity index (χ1) is 7.06. The molecule has 2 atom stereocenters. The van der Waals surface area contributed by atoms with Crippen LogP contribution in [0.15, 0.2) is 0 Å². The molecule has 5 heteroatoms. The van der Waals surface area contributed by atoms with Crippen molar-refractivity contribution in [2.45, 2.75) is 26.3 Å². The van der Waals surface area contributed by atoms with Gasteiger partial charge in [0.1, 0.15) is 0 Å². The molecule has 0 aromatic rings. The van der Waals surface area contributed by atoms with Crippen LogP contribution < -0.4 is 5.73 Å². The number of halogens is 1. The van der Waals surface area contributed by atoms with Gasteiger partial charge in [-0.3, -0.25) is 4.79 Å². The van der Waals surface area contributed by atoms with Crippen molar-refractivity contribution in [1.29, 1.82) is 0 Å². The second kappa shape index (κ2) is 7.09. The zero-order valence-corrected chi connectivity index (χ0v) is 11.3. The topological polar surface area (TPSA) is 49.6 Å². The molecule has 2 N–H and O–H groups in total. The maximum absolute atomic E-state index is 12.0. The first-order valence-electron chi connectivity index (χ1n) is 5.79. The van der Waals surface area contributed by atoms with E-state index >= 15 is 0 Å². The van der Waals surface area contributed by atoms with E-state index in [1.165, 1.54) is 0 Å². The maximum Gasteiger partial charge on any atom is 0.239 e. The van der Waals surface area contributed by atoms with E-state index in [0.717, 1.165) is 32.6 Å². The fourth-order valence-electron chi connectivity index (χ4n) is 1.73. The predicted octanol–water partition coefficient (Wildman–Crippen LogP) is 0.556. The monoisotopic (exact) mass is 249 g/mol. The molecule has 2 unspecified atom stereocenters. The number of rotatable bonds is 3. The minimum absolute atomic E-state index is 0. The Morgan fingerprint density at radius 1 is 1.31 bits per heavy atom. The highest BCUT2D eigenvalue weighted by Crippen LogP contribution is 2.10. The summed E-state index contributed by atoms with van der Waals surface area (Å²) in [7, 11) is 2.08. The van der Waals surface area contributed by atoms with Crippen molar-refractivity contribution in [3.63, 3.8) is 0 Å². The van der Waals surface area contributed by atoms with Crippen LogP contribution in [-0.4, -0.2) is 55.0 Å². The smallest absolute Gasteiger partial charge is 0.239 e. The van der Waals surface area contributed by atoms with Gasteiger partial charge in [0.2, 0.25) is 5.91 Å². The summed E-state index contributed by atoms with van der Waals surface area (Å²) in [5, 5.41) is 0. The van der Waals surface area contributed by atoms with Gasteiger partial charge < -0.3 is 15.5 Å². The van der Waals surface area contributed by atoms with Gasteiger partial charge in [0.25, 0.3) is 0 Å². The number of carbonyl (C=O) groups excluding carboxylic acids is 1. The third-order valence-corrected chi connectivity index (χ3v) is 3.36. The van der Waals surface area contributed by atoms with E-state index in [1.54, 1.807) is 0 Å². The summed E-state index contributed by atoms with van der Waals surface area (Å²) in [6.07, 6.45) is 0.959. The van der Waals surface area contributed by atoms with E-state index < -0.39 is 0 Å². The molecule has 0 radical (unpaired) electrons. The van der Waals surface area contributed by atoms with Gasteiger partial charge in [0, 0.05) is 26.2 Å². The van der Waals surface area contributed by atoms with Crippen molar-refractivity contribution in [3.8, 4) is 0 Å². The number of hydrogen-bond donors (Lipinski definition) is 1. The first-order valence-corrected chi connectivity index (χ1v) is 5.79. The Kier molecular flexibility index (Phi) is 6.95. The molecular formula is C11H24ClN3O. The van der Waals surface area contributed by atoms with Gasteiger partial charge >= 0.3 is 0 Å². The number of carbonyl (C=O) groups is 1. The van der Waals surface area contributed by atoms with Crippen LogP contribution in [0.2, 0.25) is 0 Å². The molecule has 1 rings (SSSR count). The summed E-state index contributed by atoms with van der Waals surface area (Å²) in [5.74, 6) is 0.398. The zero-order valence-electron chi connectivity index (χ0n) is 10.5. The Hall–Kier alpha value is -0.320. The number of piperazine rings is 1. The summed E-state index contributed by atoms with van der Waals surface area (Å²) >= 11 is 0. The van der Waals surface area contributed by atoms with E-state index in [-0.39, 0.29) is 30.3 Å². The number of nitrogens with zero attached hydrogens (tertiary/aromatic N) is 2. The summed E-state index contributed by atoms with van der Waals surface area (Å²) in [4.78, 5) is 16.1. The minimum Gasteiger partial charge on any atom is -0.339 e. The Morgan fingerprint density at radius 2 is 1.81 bits per heavy atom. The number of hydrogen-bond acceptors (Lipinski definition) is 3. The lowest BCUT2D eigenvalue weighted by atomic mass is 9.98. The number of amides is 1. The summed E-state index contributed by atoms with van der Waals surface area (Å²) in [6, 6.07) is -0.321. The van der Waals surface area contributed by atoms with Crippen LogP contribution >= 0.6 is 12.4 Å². The van der Waals surface area contributed by atoms with Crippen molar-refractivity contribution >= 4 is 18.3 Å². The molecule has 4 nitrogen and oxygen atoms in total. The van der Waals surface area contributed by atoms with Crippen LogP contribution in [0.1, 0.15) is 20.3 Å². The third-order valence-electron chi connectivity index (χ3n) is 3.36. The largest absolute Gasteiger partial charge is 0.339 e. The van der Waals surface area contributed by atoms with Crippen LogP contribution in [0.5, 0.6) is 0 Å². The Morgan fingerprint density at radius 3 is 2.25 bits per heavy atom. The molecular weight excluding hydrogens is 226 g/mol. The van der Waals surface area contributed by atoms with Crippen molar-refractivity contribution in [2.24, 2.45) is 11.7 Å². The second-order valence-corrected chi connectivity index (χ2v) is 4.54. The minimum atomic E-state index is -0.321. The average molecular weight is 250 g/mol. The Balaban J connectivity index is 0.00000225. The van der Waals surface area contributed by atoms with E-state index in [2.05, 4.69) is 18.9 Å². The standard InChI is InChI=1S/C11H23N3O.ClH/c1-4-9(2)10(12)11(15)14-7-5-13(3)6-8-14;/h9-10H,4-8,12H2,1-3H3;1H. The van der Waals surface area contributed by atoms with Gasteiger partial charge in [-0.05, 0) is 13.0 Å². The third kappa shape index (κ3) is 3.92. The molecule has 1 heterocycles. The van der Waals surface area contributed by atoms with E-state index in [9.17, 15) is 4.79 Å². The zero-order chi connectivity index (χ0) is 11.4. The van der Waals surface area contributed by atoms with Crippen LogP contribution in [-0.2, 0) is 4.79 Å². The van der Waals surface area contributed by atoms with Crippen molar-refractivity contribution in [3.05, 3.63) is 0 Å². The fraction of sp³-hybridized carbons (Fsp3) is 0.909. The molecule has 0 saturated carbocycles. The molecule has 0 aliphatic carbocycles. The molecule has 0 bridgehead atoms. The van der Waals surface area contributed by atoms with Gasteiger partial charge in [0.05, 0.1) is 6.04 Å². The molecule has 1 amide bonds. The van der Waals surface area contributed by atoms with Crippen molar-refractivity contribution < 1.29 is 4.79 Å². The molecule has 1 saturated heterocycles. The molecule has 0 spiro atoms. The summed E-state index contributed by atoms with van der Waals surface area (Å²) < 4.78 is 0. The molecule has 1 fully saturated rings. The van der Waals surface area contributed by atoms with E-state index in [4.69, 9.17) is 5.73 Å². The quantitative estimate of drug-likeness (QED) is 0.795. The van der Waals surface area contributed by atoms with Crippen LogP contribution in [0.25, 0.3) is 0 Å². The van der Waals surface area contributed by atoms with Crippen LogP contribution in [0, 0.1) is 5.92 Å². The lowest BCUT2D eigenvalue weighted by molar-refractivity contribution is -0.135. The molecule has 1 aliphatic rings. The molecule has 0 aromatic carbocycles. The highest BCUT2D eigenvalue weighted by atomic mass is 35.5. The van der Waals surface area contributed by atoms with Crippen molar-refractivity contribution in [1.82, 2.24) is 9.80 Å². The number of nitrogens with two attached hydrogens (primary N) is 1. The van der Waals surface area contributed by atoms with Crippen LogP contribution in [0.4, 0.5) is 0 Å². The van der Waals surface area contributed by atoms with Gasteiger partial charge in [-0.1, -0.05) is 20.3 Å². The number of likely N-dealkylation sites (N-methyl/N-ethyl adjacent to an activating group) is 1. The van der Waals surface area contributed by atoms with Crippen LogP contribution in [0.3, 0.4) is 0 Å². The molecule has 0 aromatic heterocycles. The van der Waals surface area contributed by atoms with E-state index in [0.29, 0.717) is 0 Å². The predicted molar refractivity (Wildman–Crippen MR) is 68.8 cm³/mol. The normalized spacial score (nSPS) is 21.1. The first kappa shape index (κ1) is 15.7.